The molecule has 1 atom stereocenters. The first kappa shape index (κ1) is 21.0. The van der Waals surface area contributed by atoms with Gasteiger partial charge in [-0.1, -0.05) is 30.3 Å². The standard InChI is InChI=1S/C20H25N3O5/c1-20(2,3)28-19(26)22-14(11-13-7-5-4-6-8-13)12-27-15-9-10-16(21)23-17(15)18(24)25/h4-10,14H,11-12H2,1-3H3,(H2,21,23)(H,22,26)(H,24,25)/t14-/m1/s1. The molecule has 0 aliphatic heterocycles. The first-order valence-electron chi connectivity index (χ1n) is 8.80. The molecule has 1 heterocycles. The maximum absolute atomic E-state index is 12.2. The van der Waals surface area contributed by atoms with Crippen LogP contribution in [0.4, 0.5) is 10.6 Å². The Morgan fingerprint density at radius 3 is 2.46 bits per heavy atom. The van der Waals surface area contributed by atoms with Crippen LogP contribution in [0.5, 0.6) is 5.75 Å². The molecule has 1 amide bonds. The van der Waals surface area contributed by atoms with Gasteiger partial charge < -0.3 is 25.6 Å². The highest BCUT2D eigenvalue weighted by Gasteiger charge is 2.21. The lowest BCUT2D eigenvalue weighted by Gasteiger charge is -2.24. The largest absolute Gasteiger partial charge is 0.489 e. The molecule has 0 aliphatic carbocycles. The number of alkyl carbamates (subject to hydrolysis) is 1. The molecule has 150 valence electrons. The average Bonchev–Trinajstić information content (AvgIpc) is 2.59. The van der Waals surface area contributed by atoms with Crippen molar-refractivity contribution >= 4 is 17.9 Å². The number of amides is 1. The third kappa shape index (κ3) is 6.79. The third-order valence-electron chi connectivity index (χ3n) is 3.57. The van der Waals surface area contributed by atoms with Gasteiger partial charge >= 0.3 is 12.1 Å². The second-order valence-corrected chi connectivity index (χ2v) is 7.23. The van der Waals surface area contributed by atoms with E-state index < -0.39 is 23.7 Å². The Bertz CT molecular complexity index is 818. The average molecular weight is 387 g/mol. The molecule has 8 nitrogen and oxygen atoms in total. The molecule has 28 heavy (non-hydrogen) atoms. The number of benzene rings is 1. The number of aromatic carboxylic acids is 1. The summed E-state index contributed by atoms with van der Waals surface area (Å²) in [6, 6.07) is 12.0. The first-order chi connectivity index (χ1) is 13.1. The van der Waals surface area contributed by atoms with Gasteiger partial charge in [-0.2, -0.15) is 0 Å². The van der Waals surface area contributed by atoms with Gasteiger partial charge in [0.05, 0.1) is 6.04 Å². The van der Waals surface area contributed by atoms with E-state index in [9.17, 15) is 14.7 Å². The molecule has 0 saturated heterocycles. The van der Waals surface area contributed by atoms with Crippen LogP contribution in [0.15, 0.2) is 42.5 Å². The molecule has 0 saturated carbocycles. The predicted molar refractivity (Wildman–Crippen MR) is 104 cm³/mol. The van der Waals surface area contributed by atoms with E-state index in [1.165, 1.54) is 12.1 Å². The van der Waals surface area contributed by atoms with Crippen LogP contribution in [0.3, 0.4) is 0 Å². The Morgan fingerprint density at radius 2 is 1.86 bits per heavy atom. The number of carbonyl (C=O) groups excluding carboxylic acids is 1. The summed E-state index contributed by atoms with van der Waals surface area (Å²) in [5, 5.41) is 12.0. The maximum atomic E-state index is 12.2. The van der Waals surface area contributed by atoms with Gasteiger partial charge in [0.25, 0.3) is 0 Å². The van der Waals surface area contributed by atoms with E-state index in [1.54, 1.807) is 20.8 Å². The van der Waals surface area contributed by atoms with E-state index in [0.717, 1.165) is 5.56 Å². The summed E-state index contributed by atoms with van der Waals surface area (Å²) in [4.78, 5) is 27.3. The van der Waals surface area contributed by atoms with Gasteiger partial charge in [0.2, 0.25) is 0 Å². The SMILES string of the molecule is CC(C)(C)OC(=O)N[C@@H](COc1ccc(N)nc1C(=O)O)Cc1ccccc1. The number of nitrogens with one attached hydrogen (secondary N) is 1. The molecule has 0 unspecified atom stereocenters. The molecule has 0 fully saturated rings. The Hall–Kier alpha value is -3.29. The summed E-state index contributed by atoms with van der Waals surface area (Å²) in [6.07, 6.45) is -0.101. The van der Waals surface area contributed by atoms with Crippen LogP contribution in [-0.4, -0.2) is 40.4 Å². The van der Waals surface area contributed by atoms with Crippen LogP contribution < -0.4 is 15.8 Å². The lowest BCUT2D eigenvalue weighted by atomic mass is 10.1. The van der Waals surface area contributed by atoms with Crippen LogP contribution in [0.2, 0.25) is 0 Å². The van der Waals surface area contributed by atoms with Crippen LogP contribution in [0, 0.1) is 0 Å². The fourth-order valence-corrected chi connectivity index (χ4v) is 2.45. The number of nitrogen functional groups attached to an aromatic ring is 1. The van der Waals surface area contributed by atoms with Crippen molar-refractivity contribution in [3.05, 3.63) is 53.7 Å². The topological polar surface area (TPSA) is 124 Å². The molecule has 4 N–H and O–H groups in total. The zero-order valence-corrected chi connectivity index (χ0v) is 16.1. The molecule has 0 radical (unpaired) electrons. The van der Waals surface area contributed by atoms with Crippen molar-refractivity contribution in [3.63, 3.8) is 0 Å². The van der Waals surface area contributed by atoms with E-state index in [-0.39, 0.29) is 23.9 Å². The molecule has 0 bridgehead atoms. The van der Waals surface area contributed by atoms with E-state index in [2.05, 4.69) is 10.3 Å². The molecular weight excluding hydrogens is 362 g/mol. The minimum Gasteiger partial charge on any atom is -0.489 e. The number of nitrogens with zero attached hydrogens (tertiary/aromatic N) is 1. The first-order valence-corrected chi connectivity index (χ1v) is 8.80. The van der Waals surface area contributed by atoms with E-state index in [1.807, 2.05) is 30.3 Å². The Morgan fingerprint density at radius 1 is 1.18 bits per heavy atom. The molecule has 0 spiro atoms. The van der Waals surface area contributed by atoms with Gasteiger partial charge in [0.1, 0.15) is 18.0 Å². The van der Waals surface area contributed by atoms with Crippen LogP contribution in [0.25, 0.3) is 0 Å². The van der Waals surface area contributed by atoms with E-state index in [4.69, 9.17) is 15.2 Å². The Balaban J connectivity index is 2.13. The van der Waals surface area contributed by atoms with Gasteiger partial charge in [0.15, 0.2) is 11.4 Å². The number of pyridine rings is 1. The number of nitrogens with two attached hydrogens (primary N) is 1. The molecule has 1 aromatic heterocycles. The van der Waals surface area contributed by atoms with Crippen molar-refractivity contribution in [1.29, 1.82) is 0 Å². The van der Waals surface area contributed by atoms with Crippen molar-refractivity contribution in [2.75, 3.05) is 12.3 Å². The second kappa shape index (κ2) is 9.07. The lowest BCUT2D eigenvalue weighted by Crippen LogP contribution is -2.43. The van der Waals surface area contributed by atoms with Crippen molar-refractivity contribution in [2.24, 2.45) is 0 Å². The molecule has 0 aliphatic rings. The maximum Gasteiger partial charge on any atom is 0.408 e. The van der Waals surface area contributed by atoms with Crippen molar-refractivity contribution in [2.45, 2.75) is 38.8 Å². The highest BCUT2D eigenvalue weighted by molar-refractivity contribution is 5.89. The third-order valence-corrected chi connectivity index (χ3v) is 3.57. The quantitative estimate of drug-likeness (QED) is 0.667. The highest BCUT2D eigenvalue weighted by atomic mass is 16.6. The number of aromatic nitrogens is 1. The van der Waals surface area contributed by atoms with Crippen molar-refractivity contribution < 1.29 is 24.2 Å². The van der Waals surface area contributed by atoms with Crippen molar-refractivity contribution in [3.8, 4) is 5.75 Å². The second-order valence-electron chi connectivity index (χ2n) is 7.23. The number of hydrogen-bond donors (Lipinski definition) is 3. The molecular formula is C20H25N3O5. The Kier molecular flexibility index (Phi) is 6.81. The van der Waals surface area contributed by atoms with Crippen LogP contribution in [-0.2, 0) is 11.2 Å². The predicted octanol–water partition coefficient (Wildman–Crippen LogP) is 2.88. The number of carboxylic acids is 1. The smallest absolute Gasteiger partial charge is 0.408 e. The normalized spacial score (nSPS) is 12.1. The summed E-state index contributed by atoms with van der Waals surface area (Å²) in [5.74, 6) is -1.09. The molecule has 2 rings (SSSR count). The van der Waals surface area contributed by atoms with Crippen LogP contribution in [0.1, 0.15) is 36.8 Å². The summed E-state index contributed by atoms with van der Waals surface area (Å²) >= 11 is 0. The zero-order chi connectivity index (χ0) is 20.7. The number of rotatable bonds is 7. The molecule has 8 heteroatoms. The number of ether oxygens (including phenoxy) is 2. The fourth-order valence-electron chi connectivity index (χ4n) is 2.45. The summed E-state index contributed by atoms with van der Waals surface area (Å²) in [5.41, 5.74) is 5.61. The minimum absolute atomic E-state index is 0.0278. The van der Waals surface area contributed by atoms with Gasteiger partial charge in [-0.15, -0.1) is 0 Å². The zero-order valence-electron chi connectivity index (χ0n) is 16.1. The van der Waals surface area contributed by atoms with Gasteiger partial charge in [0, 0.05) is 0 Å². The van der Waals surface area contributed by atoms with Gasteiger partial charge in [-0.3, -0.25) is 0 Å². The highest BCUT2D eigenvalue weighted by Crippen LogP contribution is 2.19. The number of carbonyl (C=O) groups is 2. The summed E-state index contributed by atoms with van der Waals surface area (Å²) < 4.78 is 11.0. The summed E-state index contributed by atoms with van der Waals surface area (Å²) in [7, 11) is 0. The van der Waals surface area contributed by atoms with E-state index in [0.29, 0.717) is 6.42 Å². The summed E-state index contributed by atoms with van der Waals surface area (Å²) in [6.45, 7) is 5.34. The number of anilines is 1. The van der Waals surface area contributed by atoms with Crippen molar-refractivity contribution in [1.82, 2.24) is 10.3 Å². The van der Waals surface area contributed by atoms with Gasteiger partial charge in [-0.25, -0.2) is 14.6 Å². The van der Waals surface area contributed by atoms with Crippen LogP contribution >= 0.6 is 0 Å². The Labute approximate surface area is 163 Å². The minimum atomic E-state index is -1.25. The number of hydrogen-bond acceptors (Lipinski definition) is 6. The van der Waals surface area contributed by atoms with Gasteiger partial charge in [-0.05, 0) is 44.9 Å². The fraction of sp³-hybridized carbons (Fsp3) is 0.350. The molecule has 1 aromatic carbocycles. The molecule has 2 aromatic rings. The lowest BCUT2D eigenvalue weighted by molar-refractivity contribution is 0.0485. The van der Waals surface area contributed by atoms with E-state index >= 15 is 0 Å². The monoisotopic (exact) mass is 387 g/mol. The number of carboxylic acid groups (broad SMARTS) is 1.